The van der Waals surface area contributed by atoms with Crippen LogP contribution in [0.15, 0.2) is 115 Å². The number of carbonyl (C=O) groups excluding carboxylic acids is 1. The molecule has 0 aliphatic carbocycles. The number of alkyl halides is 3. The molecule has 0 heterocycles. The van der Waals surface area contributed by atoms with Crippen LogP contribution in [0.2, 0.25) is 0 Å². The molecule has 4 aromatic carbocycles. The van der Waals surface area contributed by atoms with Crippen LogP contribution in [0.4, 0.5) is 18.9 Å². The molecule has 202 valence electrons. The Labute approximate surface area is 225 Å². The summed E-state index contributed by atoms with van der Waals surface area (Å²) in [4.78, 5) is 13.9. The quantitative estimate of drug-likeness (QED) is 0.237. The summed E-state index contributed by atoms with van der Waals surface area (Å²) < 4.78 is 58.1. The van der Waals surface area contributed by atoms with E-state index in [0.29, 0.717) is 0 Å². The summed E-state index contributed by atoms with van der Waals surface area (Å²) in [5.41, 5.74) is 1.74. The first-order valence-corrected chi connectivity index (χ1v) is 12.4. The summed E-state index contributed by atoms with van der Waals surface area (Å²) in [5, 5.41) is 0. The fourth-order valence-electron chi connectivity index (χ4n) is 3.86. The first kappa shape index (κ1) is 28.2. The number of ether oxygens (including phenoxy) is 3. The number of quaternary nitrogens is 1. The van der Waals surface area contributed by atoms with Crippen LogP contribution in [0.25, 0.3) is 0 Å². The highest BCUT2D eigenvalue weighted by molar-refractivity contribution is 5.73. The normalized spacial score (nSPS) is 12.4. The summed E-state index contributed by atoms with van der Waals surface area (Å²) in [6.45, 7) is 0.103. The van der Waals surface area contributed by atoms with E-state index in [4.69, 9.17) is 14.2 Å². The number of rotatable bonds is 12. The molecule has 5 nitrogen and oxygen atoms in total. The number of hydrogen-bond acceptors (Lipinski definition) is 4. The van der Waals surface area contributed by atoms with Crippen LogP contribution < -0.4 is 4.90 Å². The number of carbonyl (C=O) groups is 1. The molecule has 1 atom stereocenters. The predicted octanol–water partition coefficient (Wildman–Crippen LogP) is 5.68. The number of halogens is 3. The highest BCUT2D eigenvalue weighted by Gasteiger charge is 2.36. The zero-order chi connectivity index (χ0) is 27.5. The summed E-state index contributed by atoms with van der Waals surface area (Å²) in [6.07, 6.45) is -5.93. The first-order chi connectivity index (χ1) is 18.9. The smallest absolute Gasteiger partial charge is 0.337 e. The lowest BCUT2D eigenvalue weighted by Gasteiger charge is -2.23. The van der Waals surface area contributed by atoms with Gasteiger partial charge >= 0.3 is 12.1 Å². The van der Waals surface area contributed by atoms with Gasteiger partial charge in [0.1, 0.15) is 5.69 Å². The maximum Gasteiger partial charge on any atom is 0.416 e. The highest BCUT2D eigenvalue weighted by Crippen LogP contribution is 2.30. The largest absolute Gasteiger partial charge is 0.416 e. The van der Waals surface area contributed by atoms with Crippen molar-refractivity contribution in [1.82, 2.24) is 0 Å². The van der Waals surface area contributed by atoms with E-state index in [0.717, 1.165) is 28.8 Å². The Balaban J connectivity index is 1.58. The molecule has 8 heteroatoms. The van der Waals surface area contributed by atoms with Crippen LogP contribution in [0.5, 0.6) is 0 Å². The molecule has 0 aliphatic rings. The van der Waals surface area contributed by atoms with Gasteiger partial charge in [0.2, 0.25) is 0 Å². The van der Waals surface area contributed by atoms with E-state index in [1.807, 2.05) is 91.0 Å². The molecule has 1 amide bonds. The van der Waals surface area contributed by atoms with Crippen molar-refractivity contribution in [2.45, 2.75) is 32.3 Å². The van der Waals surface area contributed by atoms with Crippen molar-refractivity contribution in [3.8, 4) is 0 Å². The molecule has 0 aliphatic heterocycles. The Morgan fingerprint density at radius 2 is 1.15 bits per heavy atom. The van der Waals surface area contributed by atoms with E-state index in [9.17, 15) is 18.0 Å². The molecule has 4 rings (SSSR count). The van der Waals surface area contributed by atoms with Crippen molar-refractivity contribution in [3.05, 3.63) is 138 Å². The van der Waals surface area contributed by atoms with Crippen molar-refractivity contribution >= 4 is 11.6 Å². The third-order valence-corrected chi connectivity index (χ3v) is 5.90. The number of nitrogens with one attached hydrogen (secondary N) is 1. The Bertz CT molecular complexity index is 1260. The second kappa shape index (κ2) is 13.8. The van der Waals surface area contributed by atoms with Crippen molar-refractivity contribution < 1.29 is 37.1 Å². The van der Waals surface area contributed by atoms with E-state index >= 15 is 0 Å². The number of amides is 1. The molecule has 0 aromatic heterocycles. The SMILES string of the molecule is O=C(C(OCc1ccccc1)OCc1ccccc1)[NH+](COCc1ccccc1)c1cccc(C(F)(F)F)c1. The van der Waals surface area contributed by atoms with Gasteiger partial charge in [-0.3, -0.25) is 0 Å². The van der Waals surface area contributed by atoms with Crippen LogP contribution in [0.1, 0.15) is 22.3 Å². The fourth-order valence-corrected chi connectivity index (χ4v) is 3.86. The lowest BCUT2D eigenvalue weighted by molar-refractivity contribution is -0.781. The van der Waals surface area contributed by atoms with Gasteiger partial charge in [-0.1, -0.05) is 97.1 Å². The first-order valence-electron chi connectivity index (χ1n) is 12.4. The molecule has 0 saturated carbocycles. The molecule has 1 unspecified atom stereocenters. The van der Waals surface area contributed by atoms with Gasteiger partial charge in [0, 0.05) is 6.07 Å². The van der Waals surface area contributed by atoms with E-state index < -0.39 is 23.9 Å². The molecule has 4 aromatic rings. The van der Waals surface area contributed by atoms with Gasteiger partial charge in [-0.15, -0.1) is 0 Å². The van der Waals surface area contributed by atoms with Crippen LogP contribution >= 0.6 is 0 Å². The Kier molecular flexibility index (Phi) is 9.99. The summed E-state index contributed by atoms with van der Waals surface area (Å²) >= 11 is 0. The van der Waals surface area contributed by atoms with Gasteiger partial charge in [-0.2, -0.15) is 13.2 Å². The minimum atomic E-state index is -4.57. The van der Waals surface area contributed by atoms with Crippen molar-refractivity contribution in [1.29, 1.82) is 0 Å². The maximum atomic E-state index is 13.8. The fraction of sp³-hybridized carbons (Fsp3) is 0.194. The standard InChI is InChI=1S/C31H28F3NO4/c32-31(33,34)27-17-10-18-28(19-27)35(23-37-20-24-11-4-1-5-12-24)29(36)30(38-21-25-13-6-2-7-14-25)39-22-26-15-8-3-9-16-26/h1-19,30H,20-23H2/p+1. The molecule has 39 heavy (non-hydrogen) atoms. The summed E-state index contributed by atoms with van der Waals surface area (Å²) in [7, 11) is 0. The summed E-state index contributed by atoms with van der Waals surface area (Å²) in [5.74, 6) is -0.603. The topological polar surface area (TPSA) is 49.2 Å². The molecular weight excluding hydrogens is 507 g/mol. The molecule has 0 saturated heterocycles. The second-order valence-corrected chi connectivity index (χ2v) is 8.82. The summed E-state index contributed by atoms with van der Waals surface area (Å²) in [6, 6.07) is 32.4. The third-order valence-electron chi connectivity index (χ3n) is 5.90. The Morgan fingerprint density at radius 3 is 1.64 bits per heavy atom. The number of benzene rings is 4. The average molecular weight is 537 g/mol. The Morgan fingerprint density at radius 1 is 0.667 bits per heavy atom. The van der Waals surface area contributed by atoms with E-state index in [1.54, 1.807) is 0 Å². The predicted molar refractivity (Wildman–Crippen MR) is 139 cm³/mol. The van der Waals surface area contributed by atoms with Crippen LogP contribution in [-0.2, 0) is 45.0 Å². The third kappa shape index (κ3) is 8.59. The highest BCUT2D eigenvalue weighted by atomic mass is 19.4. The minimum absolute atomic E-state index is 0.0307. The molecule has 0 spiro atoms. The van der Waals surface area contributed by atoms with Crippen LogP contribution in [0.3, 0.4) is 0 Å². The van der Waals surface area contributed by atoms with Crippen molar-refractivity contribution in [3.63, 3.8) is 0 Å². The lowest BCUT2D eigenvalue weighted by Crippen LogP contribution is -3.11. The van der Waals surface area contributed by atoms with Crippen LogP contribution in [-0.4, -0.2) is 18.9 Å². The van der Waals surface area contributed by atoms with Gasteiger partial charge in [0.15, 0.2) is 6.73 Å². The second-order valence-electron chi connectivity index (χ2n) is 8.82. The molecule has 0 radical (unpaired) electrons. The molecule has 1 N–H and O–H groups in total. The average Bonchev–Trinajstić information content (AvgIpc) is 2.96. The van der Waals surface area contributed by atoms with Gasteiger partial charge < -0.3 is 14.2 Å². The molecule has 0 fully saturated rings. The minimum Gasteiger partial charge on any atom is -0.337 e. The molecule has 0 bridgehead atoms. The van der Waals surface area contributed by atoms with E-state index in [-0.39, 0.29) is 37.1 Å². The van der Waals surface area contributed by atoms with Crippen molar-refractivity contribution in [2.75, 3.05) is 6.73 Å². The van der Waals surface area contributed by atoms with E-state index in [2.05, 4.69) is 0 Å². The zero-order valence-electron chi connectivity index (χ0n) is 21.1. The molecular formula is C31H29F3NO4+. The maximum absolute atomic E-state index is 13.8. The van der Waals surface area contributed by atoms with Crippen molar-refractivity contribution in [2.24, 2.45) is 0 Å². The monoisotopic (exact) mass is 536 g/mol. The van der Waals surface area contributed by atoms with Gasteiger partial charge in [-0.05, 0) is 28.8 Å². The van der Waals surface area contributed by atoms with Crippen LogP contribution in [0, 0.1) is 0 Å². The number of hydrogen-bond donors (Lipinski definition) is 1. The van der Waals surface area contributed by atoms with Gasteiger partial charge in [0.25, 0.3) is 6.29 Å². The Hall–Kier alpha value is -3.82. The van der Waals surface area contributed by atoms with Gasteiger partial charge in [-0.25, -0.2) is 9.69 Å². The lowest BCUT2D eigenvalue weighted by atomic mass is 10.2. The van der Waals surface area contributed by atoms with Gasteiger partial charge in [0.05, 0.1) is 25.4 Å². The zero-order valence-corrected chi connectivity index (χ0v) is 21.1. The van der Waals surface area contributed by atoms with E-state index in [1.165, 1.54) is 12.1 Å².